The molecule has 1 fully saturated rings. The van der Waals surface area contributed by atoms with E-state index in [2.05, 4.69) is 10.1 Å². The van der Waals surface area contributed by atoms with Crippen LogP contribution in [0.4, 0.5) is 4.39 Å². The van der Waals surface area contributed by atoms with Gasteiger partial charge in [0.2, 0.25) is 5.89 Å². The normalized spacial score (nSPS) is 16.5. The molecule has 4 nitrogen and oxygen atoms in total. The number of hydrogen-bond acceptors (Lipinski definition) is 4. The molecule has 0 bridgehead atoms. The Kier molecular flexibility index (Phi) is 3.06. The highest BCUT2D eigenvalue weighted by atomic mass is 19.1. The molecule has 1 saturated carbocycles. The van der Waals surface area contributed by atoms with Crippen LogP contribution in [0, 0.1) is 5.82 Å². The van der Waals surface area contributed by atoms with Gasteiger partial charge in [0.1, 0.15) is 5.82 Å². The lowest BCUT2D eigenvalue weighted by Crippen LogP contribution is -2.09. The van der Waals surface area contributed by atoms with Crippen molar-refractivity contribution in [2.75, 3.05) is 13.7 Å². The average molecular weight is 262 g/mol. The maximum absolute atomic E-state index is 13.0. The average Bonchev–Trinajstić information content (AvgIpc) is 3.10. The van der Waals surface area contributed by atoms with Crippen LogP contribution >= 0.6 is 0 Å². The first-order valence-electron chi connectivity index (χ1n) is 6.33. The molecule has 3 rings (SSSR count). The summed E-state index contributed by atoms with van der Waals surface area (Å²) in [6.45, 7) is 0.572. The zero-order valence-corrected chi connectivity index (χ0v) is 10.7. The number of aromatic nitrogens is 2. The molecule has 0 radical (unpaired) electrons. The highest BCUT2D eigenvalue weighted by molar-refractivity contribution is 5.38. The fraction of sp³-hybridized carbons (Fsp3) is 0.429. The molecule has 0 saturated heterocycles. The van der Waals surface area contributed by atoms with E-state index in [1.54, 1.807) is 19.2 Å². The number of methoxy groups -OCH3 is 1. The number of halogens is 1. The van der Waals surface area contributed by atoms with Gasteiger partial charge >= 0.3 is 0 Å². The molecule has 1 aliphatic carbocycles. The van der Waals surface area contributed by atoms with Crippen LogP contribution in [0.15, 0.2) is 28.8 Å². The van der Waals surface area contributed by atoms with Gasteiger partial charge in [0.25, 0.3) is 0 Å². The molecule has 5 heteroatoms. The van der Waals surface area contributed by atoms with Crippen molar-refractivity contribution in [2.45, 2.75) is 24.7 Å². The third-order valence-electron chi connectivity index (χ3n) is 3.55. The molecular weight excluding hydrogens is 247 g/mol. The van der Waals surface area contributed by atoms with Gasteiger partial charge < -0.3 is 9.26 Å². The van der Waals surface area contributed by atoms with Gasteiger partial charge in [-0.1, -0.05) is 17.3 Å². The van der Waals surface area contributed by atoms with Crippen LogP contribution in [-0.4, -0.2) is 23.9 Å². The highest BCUT2D eigenvalue weighted by Crippen LogP contribution is 2.52. The second-order valence-electron chi connectivity index (χ2n) is 4.85. The minimum Gasteiger partial charge on any atom is -0.384 e. The van der Waals surface area contributed by atoms with Crippen molar-refractivity contribution in [1.29, 1.82) is 0 Å². The second-order valence-corrected chi connectivity index (χ2v) is 4.85. The number of nitrogens with zero attached hydrogens (tertiary/aromatic N) is 2. The summed E-state index contributed by atoms with van der Waals surface area (Å²) in [6, 6.07) is 6.53. The molecule has 0 spiro atoms. The van der Waals surface area contributed by atoms with Gasteiger partial charge in [-0.05, 0) is 30.5 Å². The van der Waals surface area contributed by atoms with Gasteiger partial charge in [0.15, 0.2) is 5.82 Å². The molecule has 0 atom stereocenters. The van der Waals surface area contributed by atoms with Gasteiger partial charge in [-0.25, -0.2) is 4.39 Å². The maximum atomic E-state index is 13.0. The van der Waals surface area contributed by atoms with Crippen LogP contribution in [0.1, 0.15) is 30.1 Å². The Morgan fingerprint density at radius 2 is 2.05 bits per heavy atom. The van der Waals surface area contributed by atoms with Crippen molar-refractivity contribution in [3.63, 3.8) is 0 Å². The predicted octanol–water partition coefficient (Wildman–Crippen LogP) is 2.48. The van der Waals surface area contributed by atoms with E-state index in [1.807, 2.05) is 0 Å². The minimum atomic E-state index is -0.231. The zero-order valence-electron chi connectivity index (χ0n) is 10.7. The summed E-state index contributed by atoms with van der Waals surface area (Å²) in [4.78, 5) is 4.43. The molecule has 2 aromatic rings. The highest BCUT2D eigenvalue weighted by Gasteiger charge is 2.50. The monoisotopic (exact) mass is 262 g/mol. The Hall–Kier alpha value is -1.75. The molecule has 0 unspecified atom stereocenters. The number of hydrogen-bond donors (Lipinski definition) is 0. The van der Waals surface area contributed by atoms with E-state index >= 15 is 0 Å². The van der Waals surface area contributed by atoms with E-state index in [1.165, 1.54) is 12.1 Å². The molecule has 0 amide bonds. The smallest absolute Gasteiger partial charge is 0.237 e. The summed E-state index contributed by atoms with van der Waals surface area (Å²) in [6.07, 6.45) is 2.56. The first-order chi connectivity index (χ1) is 9.24. The van der Waals surface area contributed by atoms with Gasteiger partial charge in [0, 0.05) is 13.5 Å². The van der Waals surface area contributed by atoms with Crippen molar-refractivity contribution in [1.82, 2.24) is 10.1 Å². The molecule has 0 aliphatic heterocycles. The minimum absolute atomic E-state index is 0.202. The first-order valence-corrected chi connectivity index (χ1v) is 6.33. The van der Waals surface area contributed by atoms with E-state index in [0.717, 1.165) is 18.4 Å². The molecule has 19 heavy (non-hydrogen) atoms. The van der Waals surface area contributed by atoms with Crippen molar-refractivity contribution in [3.8, 4) is 0 Å². The Morgan fingerprint density at radius 1 is 1.32 bits per heavy atom. The lowest BCUT2D eigenvalue weighted by atomic mass is 9.96. The fourth-order valence-corrected chi connectivity index (χ4v) is 2.26. The quantitative estimate of drug-likeness (QED) is 0.830. The van der Waals surface area contributed by atoms with E-state index in [-0.39, 0.29) is 11.2 Å². The standard InChI is InChI=1S/C14H15FN2O2/c1-18-9-6-12-16-13(19-17-12)14(7-8-14)10-2-4-11(15)5-3-10/h2-5H,6-9H2,1H3. The number of rotatable bonds is 5. The summed E-state index contributed by atoms with van der Waals surface area (Å²) in [7, 11) is 1.64. The SMILES string of the molecule is COCCc1noc(C2(c3ccc(F)cc3)CC2)n1. The van der Waals surface area contributed by atoms with Crippen LogP contribution in [0.2, 0.25) is 0 Å². The van der Waals surface area contributed by atoms with Crippen molar-refractivity contribution in [3.05, 3.63) is 47.4 Å². The third kappa shape index (κ3) is 2.26. The summed E-state index contributed by atoms with van der Waals surface area (Å²) in [5.41, 5.74) is 0.835. The summed E-state index contributed by atoms with van der Waals surface area (Å²) in [5.74, 6) is 1.06. The summed E-state index contributed by atoms with van der Waals surface area (Å²) >= 11 is 0. The van der Waals surface area contributed by atoms with Gasteiger partial charge in [-0.2, -0.15) is 4.98 Å². The maximum Gasteiger partial charge on any atom is 0.237 e. The van der Waals surface area contributed by atoms with Gasteiger partial charge in [-0.3, -0.25) is 0 Å². The van der Waals surface area contributed by atoms with Crippen molar-refractivity contribution >= 4 is 0 Å². The molecule has 100 valence electrons. The lowest BCUT2D eigenvalue weighted by Gasteiger charge is -2.09. The summed E-state index contributed by atoms with van der Waals surface area (Å²) < 4.78 is 23.3. The van der Waals surface area contributed by atoms with E-state index in [4.69, 9.17) is 9.26 Å². The van der Waals surface area contributed by atoms with Gasteiger partial charge in [0.05, 0.1) is 12.0 Å². The molecule has 0 N–H and O–H groups in total. The zero-order chi connectivity index (χ0) is 13.3. The van der Waals surface area contributed by atoms with Crippen LogP contribution in [0.5, 0.6) is 0 Å². The van der Waals surface area contributed by atoms with Crippen LogP contribution in [0.25, 0.3) is 0 Å². The van der Waals surface area contributed by atoms with E-state index in [0.29, 0.717) is 24.7 Å². The number of ether oxygens (including phenoxy) is 1. The Morgan fingerprint density at radius 3 is 2.68 bits per heavy atom. The predicted molar refractivity (Wildman–Crippen MR) is 66.3 cm³/mol. The van der Waals surface area contributed by atoms with Crippen LogP contribution < -0.4 is 0 Å². The van der Waals surface area contributed by atoms with E-state index in [9.17, 15) is 4.39 Å². The molecular formula is C14H15FN2O2. The molecule has 1 aliphatic rings. The molecule has 1 aromatic heterocycles. The summed E-state index contributed by atoms with van der Waals surface area (Å²) in [5, 5.41) is 3.96. The van der Waals surface area contributed by atoms with E-state index < -0.39 is 0 Å². The van der Waals surface area contributed by atoms with Crippen LogP contribution in [0.3, 0.4) is 0 Å². The second kappa shape index (κ2) is 4.74. The van der Waals surface area contributed by atoms with Crippen molar-refractivity contribution < 1.29 is 13.7 Å². The van der Waals surface area contributed by atoms with Crippen molar-refractivity contribution in [2.24, 2.45) is 0 Å². The lowest BCUT2D eigenvalue weighted by molar-refractivity contribution is 0.199. The Labute approximate surface area is 110 Å². The first kappa shape index (κ1) is 12.3. The van der Waals surface area contributed by atoms with Gasteiger partial charge in [-0.15, -0.1) is 0 Å². The van der Waals surface area contributed by atoms with Crippen LogP contribution in [-0.2, 0) is 16.6 Å². The largest absolute Gasteiger partial charge is 0.384 e. The topological polar surface area (TPSA) is 48.2 Å². The molecule has 1 aromatic carbocycles. The molecule has 1 heterocycles. The fourth-order valence-electron chi connectivity index (χ4n) is 2.26. The Bertz CT molecular complexity index is 561. The number of benzene rings is 1. The third-order valence-corrected chi connectivity index (χ3v) is 3.55. The Balaban J connectivity index is 1.84.